The first-order chi connectivity index (χ1) is 13.0. The molecule has 0 aliphatic carbocycles. The third kappa shape index (κ3) is 4.98. The first-order valence-corrected chi connectivity index (χ1v) is 10.7. The second-order valence-electron chi connectivity index (χ2n) is 5.76. The zero-order valence-corrected chi connectivity index (χ0v) is 16.4. The highest BCUT2D eigenvalue weighted by atomic mass is 32.2. The summed E-state index contributed by atoms with van der Waals surface area (Å²) in [6.07, 6.45) is 3.75. The number of rotatable bonds is 6. The minimum Gasteiger partial charge on any atom is -0.379 e. The standard InChI is InChI=1S/C17H20N4O4S2/c1-2-16-19-20-17(26-16)18-15(22)8-5-13-3-6-14(7-4-13)27(23,24)21-9-11-25-12-10-21/h3-8H,2,9-12H2,1H3,(H,18,20,22). The zero-order valence-electron chi connectivity index (χ0n) is 14.8. The van der Waals surface area contributed by atoms with E-state index in [0.29, 0.717) is 31.4 Å². The lowest BCUT2D eigenvalue weighted by Crippen LogP contribution is -2.40. The van der Waals surface area contributed by atoms with Gasteiger partial charge in [-0.05, 0) is 30.2 Å². The Kier molecular flexibility index (Phi) is 6.32. The van der Waals surface area contributed by atoms with Gasteiger partial charge in [0.25, 0.3) is 0 Å². The van der Waals surface area contributed by atoms with E-state index in [4.69, 9.17) is 4.74 Å². The van der Waals surface area contributed by atoms with Gasteiger partial charge in [-0.1, -0.05) is 30.4 Å². The SMILES string of the molecule is CCc1nnc(NC(=O)C=Cc2ccc(S(=O)(=O)N3CCOCC3)cc2)s1. The smallest absolute Gasteiger partial charge is 0.250 e. The van der Waals surface area contributed by atoms with E-state index in [2.05, 4.69) is 15.5 Å². The number of hydrogen-bond donors (Lipinski definition) is 1. The minimum absolute atomic E-state index is 0.229. The number of nitrogens with zero attached hydrogens (tertiary/aromatic N) is 3. The fraction of sp³-hybridized carbons (Fsp3) is 0.353. The lowest BCUT2D eigenvalue weighted by atomic mass is 10.2. The van der Waals surface area contributed by atoms with E-state index < -0.39 is 10.0 Å². The molecular weight excluding hydrogens is 388 g/mol. The van der Waals surface area contributed by atoms with Crippen molar-refractivity contribution in [2.75, 3.05) is 31.6 Å². The maximum atomic E-state index is 12.6. The summed E-state index contributed by atoms with van der Waals surface area (Å²) in [6, 6.07) is 6.41. The first kappa shape index (κ1) is 19.6. The van der Waals surface area contributed by atoms with Crippen LogP contribution in [0.2, 0.25) is 0 Å². The molecule has 0 atom stereocenters. The topological polar surface area (TPSA) is 101 Å². The van der Waals surface area contributed by atoms with Crippen LogP contribution in [0.1, 0.15) is 17.5 Å². The van der Waals surface area contributed by atoms with E-state index in [0.717, 1.165) is 17.0 Å². The Morgan fingerprint density at radius 1 is 1.26 bits per heavy atom. The summed E-state index contributed by atoms with van der Waals surface area (Å²) in [5.41, 5.74) is 0.720. The molecule has 0 bridgehead atoms. The van der Waals surface area contributed by atoms with Crippen LogP contribution in [0.5, 0.6) is 0 Å². The Hall–Kier alpha value is -2.14. The maximum absolute atomic E-state index is 12.6. The minimum atomic E-state index is -3.51. The van der Waals surface area contributed by atoms with Crippen LogP contribution in [-0.4, -0.2) is 55.1 Å². The number of hydrogen-bond acceptors (Lipinski definition) is 7. The second kappa shape index (κ2) is 8.70. The number of benzene rings is 1. The van der Waals surface area contributed by atoms with E-state index in [9.17, 15) is 13.2 Å². The van der Waals surface area contributed by atoms with Crippen molar-refractivity contribution >= 4 is 38.5 Å². The van der Waals surface area contributed by atoms with Crippen LogP contribution in [0.25, 0.3) is 6.08 Å². The largest absolute Gasteiger partial charge is 0.379 e. The van der Waals surface area contributed by atoms with Gasteiger partial charge in [0.15, 0.2) is 0 Å². The Bertz CT molecular complexity index is 917. The third-order valence-corrected chi connectivity index (χ3v) is 6.81. The molecule has 0 spiro atoms. The molecule has 3 rings (SSSR count). The molecule has 1 aliphatic heterocycles. The summed E-state index contributed by atoms with van der Waals surface area (Å²) in [4.78, 5) is 12.2. The van der Waals surface area contributed by atoms with E-state index >= 15 is 0 Å². The molecule has 1 amide bonds. The zero-order chi connectivity index (χ0) is 19.3. The lowest BCUT2D eigenvalue weighted by molar-refractivity contribution is -0.111. The number of anilines is 1. The summed E-state index contributed by atoms with van der Waals surface area (Å²) in [5, 5.41) is 11.8. The number of sulfonamides is 1. The summed E-state index contributed by atoms with van der Waals surface area (Å²) < 4.78 is 31.8. The maximum Gasteiger partial charge on any atom is 0.250 e. The van der Waals surface area contributed by atoms with Gasteiger partial charge in [0.1, 0.15) is 5.01 Å². The van der Waals surface area contributed by atoms with Gasteiger partial charge in [-0.2, -0.15) is 4.31 Å². The number of carbonyl (C=O) groups is 1. The van der Waals surface area contributed by atoms with Gasteiger partial charge in [0.2, 0.25) is 21.1 Å². The van der Waals surface area contributed by atoms with Gasteiger partial charge < -0.3 is 4.74 Å². The predicted octanol–water partition coefficient (Wildman–Crippen LogP) is 1.77. The van der Waals surface area contributed by atoms with E-state index in [1.807, 2.05) is 6.92 Å². The van der Waals surface area contributed by atoms with Crippen molar-refractivity contribution in [2.45, 2.75) is 18.2 Å². The van der Waals surface area contributed by atoms with Gasteiger partial charge >= 0.3 is 0 Å². The Morgan fingerprint density at radius 3 is 2.59 bits per heavy atom. The fourth-order valence-corrected chi connectivity index (χ4v) is 4.54. The van der Waals surface area contributed by atoms with Crippen molar-refractivity contribution < 1.29 is 17.9 Å². The highest BCUT2D eigenvalue weighted by molar-refractivity contribution is 7.89. The molecule has 1 N–H and O–H groups in total. The molecule has 1 aromatic carbocycles. The lowest BCUT2D eigenvalue weighted by Gasteiger charge is -2.26. The molecule has 27 heavy (non-hydrogen) atoms. The molecular formula is C17H20N4O4S2. The van der Waals surface area contributed by atoms with Crippen LogP contribution >= 0.6 is 11.3 Å². The molecule has 144 valence electrons. The van der Waals surface area contributed by atoms with Crippen LogP contribution in [0, 0.1) is 0 Å². The molecule has 0 unspecified atom stereocenters. The van der Waals surface area contributed by atoms with Crippen LogP contribution in [0.3, 0.4) is 0 Å². The van der Waals surface area contributed by atoms with E-state index in [-0.39, 0.29) is 10.8 Å². The van der Waals surface area contributed by atoms with Crippen LogP contribution in [0.15, 0.2) is 35.2 Å². The Labute approximate surface area is 161 Å². The van der Waals surface area contributed by atoms with Gasteiger partial charge in [-0.15, -0.1) is 10.2 Å². The van der Waals surface area contributed by atoms with Crippen LogP contribution in [0.4, 0.5) is 5.13 Å². The normalized spacial score (nSPS) is 15.9. The molecule has 0 radical (unpaired) electrons. The Balaban J connectivity index is 1.62. The second-order valence-corrected chi connectivity index (χ2v) is 8.76. The predicted molar refractivity (Wildman–Crippen MR) is 103 cm³/mol. The Morgan fingerprint density at radius 2 is 1.96 bits per heavy atom. The van der Waals surface area contributed by atoms with Crippen LogP contribution in [-0.2, 0) is 26.0 Å². The van der Waals surface area contributed by atoms with Gasteiger partial charge in [0.05, 0.1) is 18.1 Å². The van der Waals surface area contributed by atoms with Crippen molar-refractivity contribution in [1.29, 1.82) is 0 Å². The quantitative estimate of drug-likeness (QED) is 0.731. The number of nitrogens with one attached hydrogen (secondary N) is 1. The summed E-state index contributed by atoms with van der Waals surface area (Å²) in [7, 11) is -3.51. The molecule has 1 aromatic heterocycles. The summed E-state index contributed by atoms with van der Waals surface area (Å²) >= 11 is 1.33. The number of aryl methyl sites for hydroxylation is 1. The van der Waals surface area contributed by atoms with E-state index in [1.54, 1.807) is 30.3 Å². The number of amides is 1. The molecule has 10 heteroatoms. The summed E-state index contributed by atoms with van der Waals surface area (Å²) in [5.74, 6) is -0.321. The van der Waals surface area contributed by atoms with Crippen LogP contribution < -0.4 is 5.32 Å². The highest BCUT2D eigenvalue weighted by Crippen LogP contribution is 2.18. The monoisotopic (exact) mass is 408 g/mol. The highest BCUT2D eigenvalue weighted by Gasteiger charge is 2.25. The first-order valence-electron chi connectivity index (χ1n) is 8.48. The molecule has 1 saturated heterocycles. The number of aromatic nitrogens is 2. The number of ether oxygens (including phenoxy) is 1. The molecule has 1 fully saturated rings. The van der Waals surface area contributed by atoms with Crippen molar-refractivity contribution in [1.82, 2.24) is 14.5 Å². The van der Waals surface area contributed by atoms with Crippen molar-refractivity contribution in [3.8, 4) is 0 Å². The molecule has 8 nitrogen and oxygen atoms in total. The number of morpholine rings is 1. The molecule has 2 aromatic rings. The van der Waals surface area contributed by atoms with Crippen molar-refractivity contribution in [2.24, 2.45) is 0 Å². The third-order valence-electron chi connectivity index (χ3n) is 3.91. The average molecular weight is 409 g/mol. The fourth-order valence-electron chi connectivity index (χ4n) is 2.45. The van der Waals surface area contributed by atoms with Gasteiger partial charge in [-0.3, -0.25) is 10.1 Å². The average Bonchev–Trinajstić information content (AvgIpc) is 3.15. The van der Waals surface area contributed by atoms with Crippen molar-refractivity contribution in [3.05, 3.63) is 40.9 Å². The van der Waals surface area contributed by atoms with Gasteiger partial charge in [-0.25, -0.2) is 8.42 Å². The molecule has 2 heterocycles. The number of carbonyl (C=O) groups excluding carboxylic acids is 1. The van der Waals surface area contributed by atoms with E-state index in [1.165, 1.54) is 21.7 Å². The molecule has 1 aliphatic rings. The summed E-state index contributed by atoms with van der Waals surface area (Å²) in [6.45, 7) is 3.49. The van der Waals surface area contributed by atoms with Crippen molar-refractivity contribution in [3.63, 3.8) is 0 Å². The molecule has 0 saturated carbocycles. The van der Waals surface area contributed by atoms with Gasteiger partial charge in [0, 0.05) is 19.2 Å².